The fourth-order valence-corrected chi connectivity index (χ4v) is 3.51. The van der Waals surface area contributed by atoms with Gasteiger partial charge in [0.15, 0.2) is 0 Å². The van der Waals surface area contributed by atoms with E-state index >= 15 is 0 Å². The highest BCUT2D eigenvalue weighted by Crippen LogP contribution is 2.17. The van der Waals surface area contributed by atoms with Gasteiger partial charge in [-0.05, 0) is 19.1 Å². The molecule has 2 heterocycles. The summed E-state index contributed by atoms with van der Waals surface area (Å²) in [6.45, 7) is 3.52. The smallest absolute Gasteiger partial charge is 0.306 e. The van der Waals surface area contributed by atoms with Crippen LogP contribution in [0.2, 0.25) is 0 Å². The van der Waals surface area contributed by atoms with E-state index in [1.165, 1.54) is 16.9 Å². The second-order valence-electron chi connectivity index (χ2n) is 6.44. The molecular weight excluding hydrogens is 368 g/mol. The van der Waals surface area contributed by atoms with Crippen LogP contribution in [0.3, 0.4) is 0 Å². The fourth-order valence-electron chi connectivity index (χ4n) is 2.81. The van der Waals surface area contributed by atoms with Gasteiger partial charge in [-0.3, -0.25) is 9.59 Å². The number of benzene rings is 1. The minimum Gasteiger partial charge on any atom is -0.486 e. The molecule has 0 aliphatic carbocycles. The summed E-state index contributed by atoms with van der Waals surface area (Å²) in [4.78, 5) is 29.4. The first kappa shape index (κ1) is 19.3. The van der Waals surface area contributed by atoms with Crippen molar-refractivity contribution in [1.29, 1.82) is 0 Å². The summed E-state index contributed by atoms with van der Waals surface area (Å²) in [5.41, 5.74) is 1.87. The molecule has 1 saturated heterocycles. The van der Waals surface area contributed by atoms with E-state index in [4.69, 9.17) is 14.6 Å². The largest absolute Gasteiger partial charge is 0.486 e. The van der Waals surface area contributed by atoms with Gasteiger partial charge in [0.25, 0.3) is 0 Å². The quantitative estimate of drug-likeness (QED) is 0.780. The molecule has 1 aliphatic rings. The van der Waals surface area contributed by atoms with Crippen LogP contribution in [0.5, 0.6) is 5.75 Å². The van der Waals surface area contributed by atoms with Gasteiger partial charge in [0.1, 0.15) is 17.4 Å². The maximum Gasteiger partial charge on any atom is 0.306 e. The number of morpholine rings is 1. The van der Waals surface area contributed by atoms with E-state index in [9.17, 15) is 9.59 Å². The van der Waals surface area contributed by atoms with E-state index in [1.54, 1.807) is 4.90 Å². The van der Waals surface area contributed by atoms with E-state index in [1.807, 2.05) is 36.6 Å². The number of carboxylic acids is 1. The van der Waals surface area contributed by atoms with E-state index in [0.717, 1.165) is 10.8 Å². The Morgan fingerprint density at radius 2 is 2.15 bits per heavy atom. The zero-order chi connectivity index (χ0) is 19.2. The predicted octanol–water partition coefficient (Wildman–Crippen LogP) is 2.28. The fraction of sp³-hybridized carbons (Fsp3) is 0.421. The lowest BCUT2D eigenvalue weighted by Crippen LogP contribution is -2.46. The SMILES string of the molecule is Cc1ccc(OCc2nc(CC(=O)N3CCO[C@H](CC(=O)O)C3)cs2)cc1. The van der Waals surface area contributed by atoms with E-state index < -0.39 is 12.1 Å². The average molecular weight is 390 g/mol. The number of carbonyl (C=O) groups is 2. The first-order valence-corrected chi connectivity index (χ1v) is 9.61. The van der Waals surface area contributed by atoms with Gasteiger partial charge in [0, 0.05) is 18.5 Å². The highest BCUT2D eigenvalue weighted by atomic mass is 32.1. The predicted molar refractivity (Wildman–Crippen MR) is 99.9 cm³/mol. The minimum atomic E-state index is -0.924. The second-order valence-corrected chi connectivity index (χ2v) is 7.38. The van der Waals surface area contributed by atoms with Crippen LogP contribution in [-0.2, 0) is 27.4 Å². The number of amides is 1. The molecule has 1 atom stereocenters. The molecule has 0 bridgehead atoms. The number of aryl methyl sites for hydroxylation is 1. The monoisotopic (exact) mass is 390 g/mol. The molecule has 0 unspecified atom stereocenters. The van der Waals surface area contributed by atoms with Crippen molar-refractivity contribution < 1.29 is 24.2 Å². The Kier molecular flexibility index (Phi) is 6.41. The minimum absolute atomic E-state index is 0.0648. The third-order valence-corrected chi connectivity index (χ3v) is 5.08. The normalized spacial score (nSPS) is 16.9. The van der Waals surface area contributed by atoms with E-state index in [0.29, 0.717) is 32.0 Å². The van der Waals surface area contributed by atoms with Crippen molar-refractivity contribution in [1.82, 2.24) is 9.88 Å². The van der Waals surface area contributed by atoms with Crippen LogP contribution in [0.25, 0.3) is 0 Å². The summed E-state index contributed by atoms with van der Waals surface area (Å²) >= 11 is 1.46. The lowest BCUT2D eigenvalue weighted by molar-refractivity contribution is -0.147. The summed E-state index contributed by atoms with van der Waals surface area (Å²) in [6.07, 6.45) is -0.351. The van der Waals surface area contributed by atoms with Gasteiger partial charge < -0.3 is 19.5 Å². The zero-order valence-corrected chi connectivity index (χ0v) is 15.9. The van der Waals surface area contributed by atoms with Crippen LogP contribution < -0.4 is 4.74 Å². The maximum atomic E-state index is 12.5. The van der Waals surface area contributed by atoms with Gasteiger partial charge in [-0.15, -0.1) is 11.3 Å². The number of carbonyl (C=O) groups excluding carboxylic acids is 1. The Morgan fingerprint density at radius 1 is 1.37 bits per heavy atom. The van der Waals surface area contributed by atoms with Gasteiger partial charge >= 0.3 is 5.97 Å². The third kappa shape index (κ3) is 5.77. The van der Waals surface area contributed by atoms with Gasteiger partial charge in [-0.1, -0.05) is 17.7 Å². The van der Waals surface area contributed by atoms with Crippen LogP contribution in [0.1, 0.15) is 22.7 Å². The molecule has 8 heteroatoms. The number of hydrogen-bond acceptors (Lipinski definition) is 6. The van der Waals surface area contributed by atoms with Crippen molar-refractivity contribution in [2.45, 2.75) is 32.5 Å². The number of carboxylic acid groups (broad SMARTS) is 1. The van der Waals surface area contributed by atoms with Crippen molar-refractivity contribution in [3.8, 4) is 5.75 Å². The number of rotatable bonds is 7. The summed E-state index contributed by atoms with van der Waals surface area (Å²) < 4.78 is 11.1. The molecule has 1 fully saturated rings. The molecule has 1 aromatic heterocycles. The van der Waals surface area contributed by atoms with E-state index in [-0.39, 0.29) is 18.7 Å². The van der Waals surface area contributed by atoms with Crippen molar-refractivity contribution >= 4 is 23.2 Å². The molecule has 144 valence electrons. The number of aliphatic carboxylic acids is 1. The zero-order valence-electron chi connectivity index (χ0n) is 15.1. The Morgan fingerprint density at radius 3 is 2.89 bits per heavy atom. The number of nitrogens with zero attached hydrogens (tertiary/aromatic N) is 2. The second kappa shape index (κ2) is 8.96. The molecule has 1 N–H and O–H groups in total. The van der Waals surface area contributed by atoms with Gasteiger partial charge in [-0.25, -0.2) is 4.98 Å². The van der Waals surface area contributed by atoms with Crippen molar-refractivity contribution in [2.24, 2.45) is 0 Å². The van der Waals surface area contributed by atoms with Gasteiger partial charge in [0.05, 0.1) is 31.2 Å². The van der Waals surface area contributed by atoms with Crippen LogP contribution in [0.4, 0.5) is 0 Å². The molecule has 1 aromatic carbocycles. The molecular formula is C19H22N2O5S. The molecule has 2 aromatic rings. The molecule has 1 amide bonds. The standard InChI is InChI=1S/C19H22N2O5S/c1-13-2-4-15(5-3-13)26-11-17-20-14(12-27-17)8-18(22)21-6-7-25-16(10-21)9-19(23)24/h2-5,12,16H,6-11H2,1H3,(H,23,24)/t16-/m1/s1. The first-order valence-electron chi connectivity index (χ1n) is 8.73. The molecule has 0 spiro atoms. The van der Waals surface area contributed by atoms with Gasteiger partial charge in [-0.2, -0.15) is 0 Å². The first-order chi connectivity index (χ1) is 13.0. The summed E-state index contributed by atoms with van der Waals surface area (Å²) in [6, 6.07) is 7.81. The summed E-state index contributed by atoms with van der Waals surface area (Å²) in [5.74, 6) is -0.205. The molecule has 0 saturated carbocycles. The molecule has 1 aliphatic heterocycles. The number of thiazole rings is 1. The molecule has 27 heavy (non-hydrogen) atoms. The molecule has 7 nitrogen and oxygen atoms in total. The van der Waals surface area contributed by atoms with Crippen molar-refractivity contribution in [3.05, 3.63) is 45.9 Å². The summed E-state index contributed by atoms with van der Waals surface area (Å²) in [7, 11) is 0. The van der Waals surface area contributed by atoms with Crippen molar-refractivity contribution in [3.63, 3.8) is 0 Å². The van der Waals surface area contributed by atoms with E-state index in [2.05, 4.69) is 4.98 Å². The Hall–Kier alpha value is -2.45. The Bertz CT molecular complexity index is 790. The maximum absolute atomic E-state index is 12.5. The van der Waals surface area contributed by atoms with Crippen LogP contribution in [-0.4, -0.2) is 52.7 Å². The lowest BCUT2D eigenvalue weighted by atomic mass is 10.2. The van der Waals surface area contributed by atoms with Crippen LogP contribution in [0, 0.1) is 6.92 Å². The number of aromatic nitrogens is 1. The van der Waals surface area contributed by atoms with Crippen LogP contribution in [0.15, 0.2) is 29.6 Å². The van der Waals surface area contributed by atoms with Gasteiger partial charge in [0.2, 0.25) is 5.91 Å². The molecule has 0 radical (unpaired) electrons. The van der Waals surface area contributed by atoms with Crippen molar-refractivity contribution in [2.75, 3.05) is 19.7 Å². The third-order valence-electron chi connectivity index (χ3n) is 4.21. The number of ether oxygens (including phenoxy) is 2. The highest BCUT2D eigenvalue weighted by molar-refractivity contribution is 7.09. The lowest BCUT2D eigenvalue weighted by Gasteiger charge is -2.32. The average Bonchev–Trinajstić information content (AvgIpc) is 3.08. The summed E-state index contributed by atoms with van der Waals surface area (Å²) in [5, 5.41) is 11.5. The number of hydrogen-bond donors (Lipinski definition) is 1. The Balaban J connectivity index is 1.50. The topological polar surface area (TPSA) is 89.0 Å². The highest BCUT2D eigenvalue weighted by Gasteiger charge is 2.26. The molecule has 3 rings (SSSR count). The van der Waals surface area contributed by atoms with Crippen LogP contribution >= 0.6 is 11.3 Å². The Labute approximate surface area is 161 Å².